The van der Waals surface area contributed by atoms with E-state index in [2.05, 4.69) is 5.32 Å². The number of benzene rings is 1. The Bertz CT molecular complexity index is 534. The van der Waals surface area contributed by atoms with Crippen molar-refractivity contribution < 1.29 is 13.5 Å². The van der Waals surface area contributed by atoms with E-state index in [1.807, 2.05) is 13.1 Å². The van der Waals surface area contributed by atoms with Gasteiger partial charge in [-0.2, -0.15) is 0 Å². The third-order valence-electron chi connectivity index (χ3n) is 2.80. The Morgan fingerprint density at radius 2 is 2.18 bits per heavy atom. The minimum absolute atomic E-state index is 0.290. The molecule has 1 aromatic heterocycles. The van der Waals surface area contributed by atoms with Crippen LogP contribution in [0.5, 0.6) is 0 Å². The summed E-state index contributed by atoms with van der Waals surface area (Å²) < 4.78 is 24.6. The van der Waals surface area contributed by atoms with Crippen molar-refractivity contribution in [3.63, 3.8) is 0 Å². The second-order valence-corrected chi connectivity index (χ2v) is 4.04. The molecule has 0 bridgehead atoms. The molecule has 0 unspecified atom stereocenters. The van der Waals surface area contributed by atoms with E-state index < -0.39 is 0 Å². The quantitative estimate of drug-likeness (QED) is 0.887. The van der Waals surface area contributed by atoms with E-state index in [4.69, 9.17) is 9.15 Å². The summed E-state index contributed by atoms with van der Waals surface area (Å²) in [6.45, 7) is 2.71. The summed E-state index contributed by atoms with van der Waals surface area (Å²) in [6, 6.07) is 3.64. The molecule has 0 atom stereocenters. The van der Waals surface area contributed by atoms with Gasteiger partial charge in [0.25, 0.3) is 0 Å². The Morgan fingerprint density at radius 3 is 2.82 bits per heavy atom. The molecule has 0 fully saturated rings. The maximum atomic E-state index is 13.9. The summed E-state index contributed by atoms with van der Waals surface area (Å²) in [5, 5.41) is 3.80. The van der Waals surface area contributed by atoms with E-state index in [0.29, 0.717) is 24.3 Å². The molecule has 0 aliphatic carbocycles. The van der Waals surface area contributed by atoms with Crippen LogP contribution in [0.4, 0.5) is 4.39 Å². The van der Waals surface area contributed by atoms with Crippen LogP contribution in [0.15, 0.2) is 16.5 Å². The number of ether oxygens (including phenoxy) is 1. The normalized spacial score (nSPS) is 11.3. The van der Waals surface area contributed by atoms with Gasteiger partial charge < -0.3 is 14.5 Å². The molecule has 3 nitrogen and oxygen atoms in total. The van der Waals surface area contributed by atoms with Gasteiger partial charge >= 0.3 is 0 Å². The van der Waals surface area contributed by atoms with Crippen molar-refractivity contribution in [3.8, 4) is 0 Å². The minimum atomic E-state index is -0.290. The van der Waals surface area contributed by atoms with Crippen LogP contribution in [0.1, 0.15) is 16.9 Å². The van der Waals surface area contributed by atoms with Crippen molar-refractivity contribution in [1.29, 1.82) is 0 Å². The molecule has 0 saturated heterocycles. The fourth-order valence-corrected chi connectivity index (χ4v) is 1.93. The fourth-order valence-electron chi connectivity index (χ4n) is 1.93. The standard InChI is InChI=1S/C13H16FNO2/c1-8-4-5-9-10(7-16-3)11(6-15-2)17-13(9)12(8)14/h4-5,15H,6-7H2,1-3H3. The van der Waals surface area contributed by atoms with Gasteiger partial charge in [0, 0.05) is 18.1 Å². The minimum Gasteiger partial charge on any atom is -0.456 e. The van der Waals surface area contributed by atoms with E-state index in [1.54, 1.807) is 20.1 Å². The van der Waals surface area contributed by atoms with Crippen molar-refractivity contribution in [2.75, 3.05) is 14.2 Å². The SMILES string of the molecule is CNCc1oc2c(F)c(C)ccc2c1COC. The van der Waals surface area contributed by atoms with Crippen molar-refractivity contribution in [2.45, 2.75) is 20.1 Å². The Balaban J connectivity index is 2.65. The van der Waals surface area contributed by atoms with Gasteiger partial charge in [-0.05, 0) is 19.5 Å². The average molecular weight is 237 g/mol. The molecule has 0 amide bonds. The van der Waals surface area contributed by atoms with Gasteiger partial charge in [0.2, 0.25) is 0 Å². The fraction of sp³-hybridized carbons (Fsp3) is 0.385. The highest BCUT2D eigenvalue weighted by Gasteiger charge is 2.17. The van der Waals surface area contributed by atoms with Gasteiger partial charge in [0.1, 0.15) is 5.76 Å². The van der Waals surface area contributed by atoms with E-state index in [1.165, 1.54) is 0 Å². The number of hydrogen-bond donors (Lipinski definition) is 1. The first-order valence-electron chi connectivity index (χ1n) is 5.52. The monoisotopic (exact) mass is 237 g/mol. The average Bonchev–Trinajstić information content (AvgIpc) is 2.65. The van der Waals surface area contributed by atoms with Crippen LogP contribution in [-0.4, -0.2) is 14.2 Å². The molecule has 4 heteroatoms. The first-order chi connectivity index (χ1) is 8.19. The number of aryl methyl sites for hydroxylation is 1. The molecule has 1 N–H and O–H groups in total. The highest BCUT2D eigenvalue weighted by molar-refractivity contribution is 5.83. The van der Waals surface area contributed by atoms with Crippen LogP contribution < -0.4 is 5.32 Å². The lowest BCUT2D eigenvalue weighted by molar-refractivity contribution is 0.183. The predicted octanol–water partition coefficient (Wildman–Crippen LogP) is 2.75. The summed E-state index contributed by atoms with van der Waals surface area (Å²) >= 11 is 0. The highest BCUT2D eigenvalue weighted by Crippen LogP contribution is 2.30. The third kappa shape index (κ3) is 2.06. The molecule has 0 radical (unpaired) electrons. The highest BCUT2D eigenvalue weighted by atomic mass is 19.1. The van der Waals surface area contributed by atoms with Gasteiger partial charge in [-0.15, -0.1) is 0 Å². The molecule has 2 rings (SSSR count). The summed E-state index contributed by atoms with van der Waals surface area (Å²) in [5.74, 6) is 0.441. The number of hydrogen-bond acceptors (Lipinski definition) is 3. The Kier molecular flexibility index (Phi) is 3.45. The molecule has 92 valence electrons. The maximum Gasteiger partial charge on any atom is 0.170 e. The van der Waals surface area contributed by atoms with Gasteiger partial charge in [-0.25, -0.2) is 4.39 Å². The zero-order valence-corrected chi connectivity index (χ0v) is 10.3. The maximum absolute atomic E-state index is 13.9. The molecule has 0 aliphatic heterocycles. The smallest absolute Gasteiger partial charge is 0.170 e. The lowest BCUT2D eigenvalue weighted by Gasteiger charge is -2.00. The Labute approximate surface area is 99.6 Å². The zero-order valence-electron chi connectivity index (χ0n) is 10.3. The summed E-state index contributed by atoms with van der Waals surface area (Å²) in [4.78, 5) is 0. The van der Waals surface area contributed by atoms with Gasteiger partial charge in [-0.3, -0.25) is 0 Å². The molecule has 0 aliphatic rings. The van der Waals surface area contributed by atoms with Crippen molar-refractivity contribution in [3.05, 3.63) is 34.8 Å². The van der Waals surface area contributed by atoms with Crippen molar-refractivity contribution in [1.82, 2.24) is 5.32 Å². The van der Waals surface area contributed by atoms with E-state index >= 15 is 0 Å². The number of methoxy groups -OCH3 is 1. The molecule has 1 heterocycles. The number of halogens is 1. The van der Waals surface area contributed by atoms with E-state index in [0.717, 1.165) is 16.7 Å². The number of nitrogens with one attached hydrogen (secondary N) is 1. The largest absolute Gasteiger partial charge is 0.456 e. The van der Waals surface area contributed by atoms with Crippen LogP contribution in [0.25, 0.3) is 11.0 Å². The van der Waals surface area contributed by atoms with Gasteiger partial charge in [-0.1, -0.05) is 12.1 Å². The molecule has 0 spiro atoms. The van der Waals surface area contributed by atoms with Crippen LogP contribution in [0.2, 0.25) is 0 Å². The number of rotatable bonds is 4. The van der Waals surface area contributed by atoms with Gasteiger partial charge in [0.05, 0.1) is 13.2 Å². The molecular formula is C13H16FNO2. The second kappa shape index (κ2) is 4.85. The lowest BCUT2D eigenvalue weighted by Crippen LogP contribution is -2.06. The third-order valence-corrected chi connectivity index (χ3v) is 2.80. The second-order valence-electron chi connectivity index (χ2n) is 4.04. The topological polar surface area (TPSA) is 34.4 Å². The molecule has 0 saturated carbocycles. The van der Waals surface area contributed by atoms with Crippen LogP contribution in [0, 0.1) is 12.7 Å². The summed E-state index contributed by atoms with van der Waals surface area (Å²) in [7, 11) is 3.44. The Morgan fingerprint density at radius 1 is 1.41 bits per heavy atom. The van der Waals surface area contributed by atoms with E-state index in [9.17, 15) is 4.39 Å². The van der Waals surface area contributed by atoms with Crippen molar-refractivity contribution >= 4 is 11.0 Å². The van der Waals surface area contributed by atoms with Crippen molar-refractivity contribution in [2.24, 2.45) is 0 Å². The zero-order chi connectivity index (χ0) is 12.4. The van der Waals surface area contributed by atoms with E-state index in [-0.39, 0.29) is 5.82 Å². The van der Waals surface area contributed by atoms with Crippen LogP contribution >= 0.6 is 0 Å². The number of fused-ring (bicyclic) bond motifs is 1. The predicted molar refractivity (Wildman–Crippen MR) is 64.4 cm³/mol. The molecule has 1 aromatic carbocycles. The first kappa shape index (κ1) is 12.1. The van der Waals surface area contributed by atoms with Crippen LogP contribution in [0.3, 0.4) is 0 Å². The lowest BCUT2D eigenvalue weighted by atomic mass is 10.1. The number of furan rings is 1. The molecule has 2 aromatic rings. The Hall–Kier alpha value is -1.39. The van der Waals surface area contributed by atoms with Gasteiger partial charge in [0.15, 0.2) is 11.4 Å². The first-order valence-corrected chi connectivity index (χ1v) is 5.52. The molecule has 17 heavy (non-hydrogen) atoms. The molecular weight excluding hydrogens is 221 g/mol. The summed E-state index contributed by atoms with van der Waals surface area (Å²) in [5.41, 5.74) is 1.82. The van der Waals surface area contributed by atoms with Crippen LogP contribution in [-0.2, 0) is 17.9 Å². The summed E-state index contributed by atoms with van der Waals surface area (Å²) in [6.07, 6.45) is 0.